The van der Waals surface area contributed by atoms with E-state index in [4.69, 9.17) is 9.26 Å². The van der Waals surface area contributed by atoms with Crippen molar-refractivity contribution in [3.8, 4) is 17.1 Å². The first kappa shape index (κ1) is 19.0. The number of hydrogen-bond donors (Lipinski definition) is 1. The fraction of sp³-hybridized carbons (Fsp3) is 0.222. The van der Waals surface area contributed by atoms with E-state index in [1.54, 1.807) is 19.2 Å². The molecule has 0 atom stereocenters. The van der Waals surface area contributed by atoms with E-state index in [0.29, 0.717) is 22.7 Å². The van der Waals surface area contributed by atoms with Crippen LogP contribution in [0.25, 0.3) is 11.4 Å². The summed E-state index contributed by atoms with van der Waals surface area (Å²) in [5.74, 6) is 0.771. The molecule has 2 aromatic carbocycles. The largest absolute Gasteiger partial charge is 0.496 e. The van der Waals surface area contributed by atoms with Gasteiger partial charge in [0.1, 0.15) is 11.6 Å². The van der Waals surface area contributed by atoms with Crippen molar-refractivity contribution >= 4 is 10.0 Å². The average molecular weight is 391 g/mol. The lowest BCUT2D eigenvalue weighted by Crippen LogP contribution is -2.26. The van der Waals surface area contributed by atoms with Crippen LogP contribution in [0.3, 0.4) is 0 Å². The van der Waals surface area contributed by atoms with Gasteiger partial charge < -0.3 is 9.26 Å². The van der Waals surface area contributed by atoms with Crippen molar-refractivity contribution in [2.24, 2.45) is 0 Å². The van der Waals surface area contributed by atoms with Gasteiger partial charge in [0.2, 0.25) is 21.7 Å². The van der Waals surface area contributed by atoms with Crippen molar-refractivity contribution < 1.29 is 22.1 Å². The predicted octanol–water partition coefficient (Wildman–Crippen LogP) is 2.71. The minimum atomic E-state index is -3.76. The van der Waals surface area contributed by atoms with Crippen molar-refractivity contribution in [3.63, 3.8) is 0 Å². The van der Waals surface area contributed by atoms with Crippen molar-refractivity contribution in [3.05, 3.63) is 59.7 Å². The number of benzene rings is 2. The Morgan fingerprint density at radius 3 is 2.74 bits per heavy atom. The van der Waals surface area contributed by atoms with Crippen molar-refractivity contribution in [2.45, 2.75) is 18.2 Å². The number of aryl methyl sites for hydroxylation is 1. The highest BCUT2D eigenvalue weighted by atomic mass is 32.2. The molecule has 0 aliphatic carbocycles. The molecule has 0 bridgehead atoms. The molecular weight excluding hydrogens is 373 g/mol. The molecule has 0 amide bonds. The number of methoxy groups -OCH3 is 1. The first-order valence-corrected chi connectivity index (χ1v) is 9.61. The summed E-state index contributed by atoms with van der Waals surface area (Å²) in [5, 5.41) is 3.91. The third-order valence-electron chi connectivity index (χ3n) is 3.87. The highest BCUT2D eigenvalue weighted by molar-refractivity contribution is 7.89. The number of nitrogens with one attached hydrogen (secondary N) is 1. The minimum absolute atomic E-state index is 0.0316. The summed E-state index contributed by atoms with van der Waals surface area (Å²) >= 11 is 0. The molecule has 9 heteroatoms. The molecule has 3 aromatic rings. The maximum Gasteiger partial charge on any atom is 0.240 e. The molecule has 0 saturated carbocycles. The van der Waals surface area contributed by atoms with E-state index in [1.807, 2.05) is 12.1 Å². The lowest BCUT2D eigenvalue weighted by atomic mass is 10.2. The standard InChI is InChI=1S/C18H18FN3O4S/c1-12-11-13(19)7-8-16(12)27(23,24)20-10-9-17-21-18(22-26-17)14-5-3-4-6-15(14)25-2/h3-8,11,20H,9-10H2,1-2H3. The second-order valence-corrected chi connectivity index (χ2v) is 7.50. The summed E-state index contributed by atoms with van der Waals surface area (Å²) in [6.45, 7) is 1.60. The SMILES string of the molecule is COc1ccccc1-c1noc(CCNS(=O)(=O)c2ccc(F)cc2C)n1. The number of halogens is 1. The average Bonchev–Trinajstić information content (AvgIpc) is 3.10. The molecule has 0 aliphatic rings. The summed E-state index contributed by atoms with van der Waals surface area (Å²) in [6.07, 6.45) is 0.210. The molecule has 0 radical (unpaired) electrons. The zero-order chi connectivity index (χ0) is 19.4. The molecule has 1 heterocycles. The molecule has 0 spiro atoms. The molecular formula is C18H18FN3O4S. The van der Waals surface area contributed by atoms with Gasteiger partial charge in [-0.25, -0.2) is 17.5 Å². The molecule has 1 aromatic heterocycles. The second-order valence-electron chi connectivity index (χ2n) is 5.77. The zero-order valence-corrected chi connectivity index (χ0v) is 15.6. The van der Waals surface area contributed by atoms with Crippen LogP contribution in [0.1, 0.15) is 11.5 Å². The Morgan fingerprint density at radius 1 is 1.22 bits per heavy atom. The summed E-state index contributed by atoms with van der Waals surface area (Å²) in [5.41, 5.74) is 1.01. The van der Waals surface area contributed by atoms with Crippen LogP contribution < -0.4 is 9.46 Å². The number of ether oxygens (including phenoxy) is 1. The Labute approximate surface area is 156 Å². The molecule has 0 unspecified atom stereocenters. The molecule has 142 valence electrons. The summed E-state index contributed by atoms with van der Waals surface area (Å²) in [6, 6.07) is 10.8. The maximum atomic E-state index is 13.2. The third kappa shape index (κ3) is 4.32. The highest BCUT2D eigenvalue weighted by Crippen LogP contribution is 2.27. The van der Waals surface area contributed by atoms with Crippen LogP contribution in [0, 0.1) is 12.7 Å². The van der Waals surface area contributed by atoms with Gasteiger partial charge >= 0.3 is 0 Å². The van der Waals surface area contributed by atoms with Gasteiger partial charge in [0, 0.05) is 13.0 Å². The Kier molecular flexibility index (Phi) is 5.52. The molecule has 0 aliphatic heterocycles. The topological polar surface area (TPSA) is 94.3 Å². The molecule has 7 nitrogen and oxygen atoms in total. The van der Waals surface area contributed by atoms with Crippen LogP contribution in [-0.4, -0.2) is 32.2 Å². The fourth-order valence-electron chi connectivity index (χ4n) is 2.58. The normalized spacial score (nSPS) is 11.5. The van der Waals surface area contributed by atoms with Gasteiger partial charge in [-0.15, -0.1) is 0 Å². The number of hydrogen-bond acceptors (Lipinski definition) is 6. The number of aromatic nitrogens is 2. The Hall–Kier alpha value is -2.78. The summed E-state index contributed by atoms with van der Waals surface area (Å²) < 4.78 is 50.7. The Bertz CT molecular complexity index is 1050. The van der Waals surface area contributed by atoms with E-state index in [0.717, 1.165) is 6.07 Å². The summed E-state index contributed by atoms with van der Waals surface area (Å²) in [4.78, 5) is 4.30. The molecule has 1 N–H and O–H groups in total. The van der Waals surface area contributed by atoms with E-state index >= 15 is 0 Å². The lowest BCUT2D eigenvalue weighted by Gasteiger charge is -2.08. The molecule has 27 heavy (non-hydrogen) atoms. The van der Waals surface area contributed by atoms with E-state index < -0.39 is 15.8 Å². The number of rotatable bonds is 7. The van der Waals surface area contributed by atoms with E-state index in [2.05, 4.69) is 14.9 Å². The smallest absolute Gasteiger partial charge is 0.240 e. The molecule has 3 rings (SSSR count). The number of sulfonamides is 1. The maximum absolute atomic E-state index is 13.2. The van der Waals surface area contributed by atoms with E-state index in [-0.39, 0.29) is 23.8 Å². The van der Waals surface area contributed by atoms with Gasteiger partial charge in [-0.05, 0) is 42.8 Å². The first-order valence-electron chi connectivity index (χ1n) is 8.12. The van der Waals surface area contributed by atoms with E-state index in [1.165, 1.54) is 19.1 Å². The second kappa shape index (κ2) is 7.85. The van der Waals surface area contributed by atoms with Crippen molar-refractivity contribution in [2.75, 3.05) is 13.7 Å². The molecule has 0 saturated heterocycles. The predicted molar refractivity (Wildman–Crippen MR) is 96.3 cm³/mol. The van der Waals surface area contributed by atoms with Gasteiger partial charge in [-0.1, -0.05) is 17.3 Å². The third-order valence-corrected chi connectivity index (χ3v) is 5.49. The van der Waals surface area contributed by atoms with Gasteiger partial charge in [0.15, 0.2) is 0 Å². The Balaban J connectivity index is 1.67. The van der Waals surface area contributed by atoms with Crippen LogP contribution in [0.15, 0.2) is 51.9 Å². The molecule has 0 fully saturated rings. The van der Waals surface area contributed by atoms with Gasteiger partial charge in [-0.3, -0.25) is 0 Å². The van der Waals surface area contributed by atoms with Crippen LogP contribution in [0.4, 0.5) is 4.39 Å². The van der Waals surface area contributed by atoms with Crippen LogP contribution >= 0.6 is 0 Å². The Morgan fingerprint density at radius 2 is 2.00 bits per heavy atom. The summed E-state index contributed by atoms with van der Waals surface area (Å²) in [7, 11) is -2.21. The van der Waals surface area contributed by atoms with Crippen LogP contribution in [0.5, 0.6) is 5.75 Å². The van der Waals surface area contributed by atoms with Gasteiger partial charge in [0.25, 0.3) is 0 Å². The highest BCUT2D eigenvalue weighted by Gasteiger charge is 2.18. The minimum Gasteiger partial charge on any atom is -0.496 e. The van der Waals surface area contributed by atoms with Crippen LogP contribution in [0.2, 0.25) is 0 Å². The first-order chi connectivity index (χ1) is 12.9. The van der Waals surface area contributed by atoms with Crippen LogP contribution in [-0.2, 0) is 16.4 Å². The van der Waals surface area contributed by atoms with Gasteiger partial charge in [0.05, 0.1) is 17.6 Å². The van der Waals surface area contributed by atoms with Crippen molar-refractivity contribution in [1.29, 1.82) is 0 Å². The number of nitrogens with zero attached hydrogens (tertiary/aromatic N) is 2. The lowest BCUT2D eigenvalue weighted by molar-refractivity contribution is 0.378. The zero-order valence-electron chi connectivity index (χ0n) is 14.8. The van der Waals surface area contributed by atoms with E-state index in [9.17, 15) is 12.8 Å². The fourth-order valence-corrected chi connectivity index (χ4v) is 3.84. The van der Waals surface area contributed by atoms with Gasteiger partial charge in [-0.2, -0.15) is 4.98 Å². The monoisotopic (exact) mass is 391 g/mol. The van der Waals surface area contributed by atoms with Crippen molar-refractivity contribution in [1.82, 2.24) is 14.9 Å². The quantitative estimate of drug-likeness (QED) is 0.666. The number of para-hydroxylation sites is 1.